The van der Waals surface area contributed by atoms with Gasteiger partial charge in [-0.1, -0.05) is 28.1 Å². The number of imidazole rings is 1. The van der Waals surface area contributed by atoms with E-state index in [9.17, 15) is 14.0 Å². The zero-order chi connectivity index (χ0) is 19.6. The lowest BCUT2D eigenvalue weighted by atomic mass is 10.2. The highest BCUT2D eigenvalue weighted by molar-refractivity contribution is 9.10. The molecular formula is C20H21BrFN3O2. The quantitative estimate of drug-likeness (QED) is 0.595. The fourth-order valence-corrected chi connectivity index (χ4v) is 3.60. The van der Waals surface area contributed by atoms with Gasteiger partial charge in [0.05, 0.1) is 11.0 Å². The van der Waals surface area contributed by atoms with Crippen LogP contribution in [0.25, 0.3) is 11.0 Å². The first-order chi connectivity index (χ1) is 12.9. The van der Waals surface area contributed by atoms with Gasteiger partial charge in [0, 0.05) is 43.1 Å². The Morgan fingerprint density at radius 2 is 1.89 bits per heavy atom. The molecule has 1 aromatic heterocycles. The summed E-state index contributed by atoms with van der Waals surface area (Å²) in [5.41, 5.74) is 1.95. The van der Waals surface area contributed by atoms with Gasteiger partial charge in [-0.2, -0.15) is 0 Å². The number of carbonyl (C=O) groups is 1. The van der Waals surface area contributed by atoms with Crippen LogP contribution in [0.4, 0.5) is 4.39 Å². The Balaban J connectivity index is 1.76. The summed E-state index contributed by atoms with van der Waals surface area (Å²) in [6.07, 6.45) is 0.178. The van der Waals surface area contributed by atoms with Crippen molar-refractivity contribution in [1.29, 1.82) is 0 Å². The van der Waals surface area contributed by atoms with Crippen LogP contribution >= 0.6 is 15.9 Å². The third kappa shape index (κ3) is 3.98. The van der Waals surface area contributed by atoms with Crippen LogP contribution in [0.1, 0.15) is 18.9 Å². The van der Waals surface area contributed by atoms with Crippen molar-refractivity contribution in [3.63, 3.8) is 0 Å². The number of benzene rings is 2. The van der Waals surface area contributed by atoms with Gasteiger partial charge in [0.1, 0.15) is 5.82 Å². The number of aromatic nitrogens is 2. The summed E-state index contributed by atoms with van der Waals surface area (Å²) in [5.74, 6) is -0.452. The Morgan fingerprint density at radius 1 is 1.19 bits per heavy atom. The van der Waals surface area contributed by atoms with Gasteiger partial charge in [0.15, 0.2) is 0 Å². The van der Waals surface area contributed by atoms with E-state index in [0.29, 0.717) is 12.1 Å². The second-order valence-electron chi connectivity index (χ2n) is 6.38. The molecule has 1 amide bonds. The molecular weight excluding hydrogens is 413 g/mol. The molecule has 0 aliphatic heterocycles. The number of halogens is 2. The van der Waals surface area contributed by atoms with E-state index in [1.165, 1.54) is 6.07 Å². The Labute approximate surface area is 165 Å². The van der Waals surface area contributed by atoms with Crippen LogP contribution in [0.3, 0.4) is 0 Å². The van der Waals surface area contributed by atoms with Crippen LogP contribution in [-0.2, 0) is 24.9 Å². The maximum Gasteiger partial charge on any atom is 0.328 e. The molecule has 0 bridgehead atoms. The maximum atomic E-state index is 14.0. The van der Waals surface area contributed by atoms with Gasteiger partial charge >= 0.3 is 5.69 Å². The number of carbonyl (C=O) groups excluding carboxylic acids is 1. The normalized spacial score (nSPS) is 11.1. The maximum absolute atomic E-state index is 14.0. The molecule has 2 aromatic carbocycles. The number of fused-ring (bicyclic) bond motifs is 1. The third-order valence-corrected chi connectivity index (χ3v) is 5.20. The van der Waals surface area contributed by atoms with Crippen molar-refractivity contribution >= 4 is 32.9 Å². The molecule has 0 saturated carbocycles. The van der Waals surface area contributed by atoms with E-state index in [1.807, 2.05) is 31.2 Å². The van der Waals surface area contributed by atoms with E-state index >= 15 is 0 Å². The summed E-state index contributed by atoms with van der Waals surface area (Å²) >= 11 is 3.33. The second-order valence-corrected chi connectivity index (χ2v) is 7.29. The average molecular weight is 434 g/mol. The van der Waals surface area contributed by atoms with Crippen molar-refractivity contribution < 1.29 is 9.18 Å². The van der Waals surface area contributed by atoms with Crippen molar-refractivity contribution in [3.05, 3.63) is 68.8 Å². The molecule has 0 atom stereocenters. The summed E-state index contributed by atoms with van der Waals surface area (Å²) in [5, 5.41) is 0. The summed E-state index contributed by atoms with van der Waals surface area (Å²) in [4.78, 5) is 26.7. The molecule has 0 unspecified atom stereocenters. The Bertz CT molecular complexity index is 1040. The monoisotopic (exact) mass is 433 g/mol. The van der Waals surface area contributed by atoms with E-state index < -0.39 is 0 Å². The zero-order valence-corrected chi connectivity index (χ0v) is 16.9. The van der Waals surface area contributed by atoms with E-state index in [1.54, 1.807) is 33.2 Å². The predicted molar refractivity (Wildman–Crippen MR) is 107 cm³/mol. The minimum absolute atomic E-state index is 0.114. The number of rotatable bonds is 6. The standard InChI is InChI=1S/C20H21BrFN3O2/c1-3-24(13-14-12-15(21)8-9-16(14)22)19(26)10-11-25-18-7-5-4-6-17(18)23(2)20(25)27/h4-9,12H,3,10-11,13H2,1-2H3. The van der Waals surface area contributed by atoms with Gasteiger partial charge in [-0.05, 0) is 37.3 Å². The van der Waals surface area contributed by atoms with Crippen molar-refractivity contribution in [1.82, 2.24) is 14.0 Å². The number of nitrogens with zero attached hydrogens (tertiary/aromatic N) is 3. The molecule has 3 rings (SSSR count). The van der Waals surface area contributed by atoms with Gasteiger partial charge in [-0.15, -0.1) is 0 Å². The minimum Gasteiger partial charge on any atom is -0.338 e. The van der Waals surface area contributed by atoms with E-state index in [4.69, 9.17) is 0 Å². The first kappa shape index (κ1) is 19.4. The summed E-state index contributed by atoms with van der Waals surface area (Å²) < 4.78 is 18.0. The number of amides is 1. The Hall–Kier alpha value is -2.41. The molecule has 0 aliphatic carbocycles. The highest BCUT2D eigenvalue weighted by Gasteiger charge is 2.17. The second kappa shape index (κ2) is 8.08. The largest absolute Gasteiger partial charge is 0.338 e. The lowest BCUT2D eigenvalue weighted by Gasteiger charge is -2.21. The average Bonchev–Trinajstić information content (AvgIpc) is 2.91. The van der Waals surface area contributed by atoms with Crippen LogP contribution in [0.2, 0.25) is 0 Å². The van der Waals surface area contributed by atoms with Crippen molar-refractivity contribution in [2.75, 3.05) is 6.54 Å². The van der Waals surface area contributed by atoms with Crippen molar-refractivity contribution in [2.45, 2.75) is 26.4 Å². The number of hydrogen-bond acceptors (Lipinski definition) is 2. The van der Waals surface area contributed by atoms with Crippen LogP contribution in [-0.4, -0.2) is 26.5 Å². The number of hydrogen-bond donors (Lipinski definition) is 0. The van der Waals surface area contributed by atoms with E-state index in [2.05, 4.69) is 15.9 Å². The predicted octanol–water partition coefficient (Wildman–Crippen LogP) is 3.68. The Kier molecular flexibility index (Phi) is 5.79. The molecule has 7 heteroatoms. The van der Waals surface area contributed by atoms with Gasteiger partial charge in [-0.3, -0.25) is 13.9 Å². The van der Waals surface area contributed by atoms with Gasteiger partial charge < -0.3 is 4.90 Å². The van der Waals surface area contributed by atoms with Crippen LogP contribution in [0, 0.1) is 5.82 Å². The van der Waals surface area contributed by atoms with Gasteiger partial charge in [0.2, 0.25) is 5.91 Å². The molecule has 0 spiro atoms. The highest BCUT2D eigenvalue weighted by Crippen LogP contribution is 2.18. The lowest BCUT2D eigenvalue weighted by molar-refractivity contribution is -0.131. The molecule has 0 aliphatic rings. The van der Waals surface area contributed by atoms with Crippen LogP contribution in [0.15, 0.2) is 51.7 Å². The summed E-state index contributed by atoms with van der Waals surface area (Å²) in [6, 6.07) is 12.2. The summed E-state index contributed by atoms with van der Waals surface area (Å²) in [6.45, 7) is 2.81. The smallest absolute Gasteiger partial charge is 0.328 e. The molecule has 1 heterocycles. The summed E-state index contributed by atoms with van der Waals surface area (Å²) in [7, 11) is 1.72. The first-order valence-electron chi connectivity index (χ1n) is 8.78. The van der Waals surface area contributed by atoms with Crippen LogP contribution in [0.5, 0.6) is 0 Å². The number of para-hydroxylation sites is 2. The van der Waals surface area contributed by atoms with Gasteiger partial charge in [-0.25, -0.2) is 9.18 Å². The minimum atomic E-state index is -0.338. The Morgan fingerprint density at radius 3 is 2.59 bits per heavy atom. The lowest BCUT2D eigenvalue weighted by Crippen LogP contribution is -2.32. The molecule has 0 saturated heterocycles. The molecule has 142 valence electrons. The van der Waals surface area contributed by atoms with Crippen LogP contribution < -0.4 is 5.69 Å². The van der Waals surface area contributed by atoms with E-state index in [-0.39, 0.29) is 36.9 Å². The topological polar surface area (TPSA) is 47.2 Å². The fraction of sp³-hybridized carbons (Fsp3) is 0.300. The van der Waals surface area contributed by atoms with Gasteiger partial charge in [0.25, 0.3) is 0 Å². The SMILES string of the molecule is CCN(Cc1cc(Br)ccc1F)C(=O)CCn1c(=O)n(C)c2ccccc21. The molecule has 3 aromatic rings. The first-order valence-corrected chi connectivity index (χ1v) is 9.57. The molecule has 0 fully saturated rings. The molecule has 5 nitrogen and oxygen atoms in total. The molecule has 0 radical (unpaired) electrons. The van der Waals surface area contributed by atoms with Crippen molar-refractivity contribution in [2.24, 2.45) is 7.05 Å². The number of aryl methyl sites for hydroxylation is 2. The van der Waals surface area contributed by atoms with Crippen molar-refractivity contribution in [3.8, 4) is 0 Å². The van der Waals surface area contributed by atoms with E-state index in [0.717, 1.165) is 15.5 Å². The molecule has 27 heavy (non-hydrogen) atoms. The zero-order valence-electron chi connectivity index (χ0n) is 15.3. The molecule has 0 N–H and O–H groups in total. The highest BCUT2D eigenvalue weighted by atomic mass is 79.9. The third-order valence-electron chi connectivity index (χ3n) is 4.70. The fourth-order valence-electron chi connectivity index (χ4n) is 3.19.